The summed E-state index contributed by atoms with van der Waals surface area (Å²) < 4.78 is 0. The van der Waals surface area contributed by atoms with Gasteiger partial charge in [0.2, 0.25) is 0 Å². The van der Waals surface area contributed by atoms with Gasteiger partial charge in [-0.2, -0.15) is 0 Å². The fourth-order valence-electron chi connectivity index (χ4n) is 3.27. The summed E-state index contributed by atoms with van der Waals surface area (Å²) in [4.78, 5) is 20.8. The van der Waals surface area contributed by atoms with Gasteiger partial charge in [0.15, 0.2) is 0 Å². The first-order valence-electron chi connectivity index (χ1n) is 10.5. The number of hydrogen-bond donors (Lipinski definition) is 2. The zero-order valence-electron chi connectivity index (χ0n) is 16.3. The quantitative estimate of drug-likeness (QED) is 0.262. The molecule has 0 spiro atoms. The molecule has 1 unspecified atom stereocenters. The highest BCUT2D eigenvalue weighted by molar-refractivity contribution is 5.66. The van der Waals surface area contributed by atoms with E-state index in [2.05, 4.69) is 6.92 Å². The van der Waals surface area contributed by atoms with Crippen LogP contribution < -0.4 is 0 Å². The van der Waals surface area contributed by atoms with Gasteiger partial charge >= 0.3 is 11.9 Å². The van der Waals surface area contributed by atoms with Gasteiger partial charge in [0.1, 0.15) is 0 Å². The van der Waals surface area contributed by atoms with Crippen LogP contribution in [0.3, 0.4) is 0 Å². The lowest BCUT2D eigenvalue weighted by atomic mass is 9.96. The maximum atomic E-state index is 10.4. The number of rotatable bonds is 19. The lowest BCUT2D eigenvalue weighted by Gasteiger charge is -2.11. The summed E-state index contributed by atoms with van der Waals surface area (Å²) in [6.07, 6.45) is 18.4. The SMILES string of the molecule is CC(CCCCCCCCCC(=O)O)CCCCCCCCC(=O)O. The Morgan fingerprint density at radius 1 is 0.560 bits per heavy atom. The van der Waals surface area contributed by atoms with E-state index in [0.717, 1.165) is 31.6 Å². The standard InChI is InChI=1S/C21H40O4/c1-19(16-12-8-5-6-10-14-18-21(24)25)15-11-7-3-2-4-9-13-17-20(22)23/h19H,2-18H2,1H3,(H,22,23)(H,24,25). The van der Waals surface area contributed by atoms with Crippen LogP contribution in [0.5, 0.6) is 0 Å². The molecule has 0 bridgehead atoms. The van der Waals surface area contributed by atoms with Crippen molar-refractivity contribution in [2.24, 2.45) is 5.92 Å². The van der Waals surface area contributed by atoms with Crippen molar-refractivity contribution in [3.63, 3.8) is 0 Å². The summed E-state index contributed by atoms with van der Waals surface area (Å²) in [5.74, 6) is -0.526. The Morgan fingerprint density at radius 3 is 1.16 bits per heavy atom. The molecule has 0 heterocycles. The molecular weight excluding hydrogens is 316 g/mol. The molecule has 0 radical (unpaired) electrons. The average molecular weight is 357 g/mol. The molecule has 0 saturated heterocycles. The molecule has 0 aliphatic carbocycles. The molecule has 0 aromatic rings. The Labute approximate surface area is 154 Å². The van der Waals surface area contributed by atoms with Crippen LogP contribution in [0, 0.1) is 5.92 Å². The van der Waals surface area contributed by atoms with Gasteiger partial charge in [-0.05, 0) is 18.8 Å². The van der Waals surface area contributed by atoms with Gasteiger partial charge in [0.25, 0.3) is 0 Å². The summed E-state index contributed by atoms with van der Waals surface area (Å²) >= 11 is 0. The summed E-state index contributed by atoms with van der Waals surface area (Å²) in [5, 5.41) is 17.1. The maximum absolute atomic E-state index is 10.4. The van der Waals surface area contributed by atoms with E-state index < -0.39 is 11.9 Å². The summed E-state index contributed by atoms with van der Waals surface area (Å²) in [6.45, 7) is 2.36. The van der Waals surface area contributed by atoms with E-state index in [0.29, 0.717) is 12.8 Å². The highest BCUT2D eigenvalue weighted by atomic mass is 16.4. The van der Waals surface area contributed by atoms with E-state index in [-0.39, 0.29) is 0 Å². The third-order valence-electron chi connectivity index (χ3n) is 4.93. The highest BCUT2D eigenvalue weighted by Crippen LogP contribution is 2.18. The van der Waals surface area contributed by atoms with Crippen molar-refractivity contribution in [3.05, 3.63) is 0 Å². The number of hydrogen-bond acceptors (Lipinski definition) is 2. The van der Waals surface area contributed by atoms with Crippen molar-refractivity contribution in [3.8, 4) is 0 Å². The molecule has 0 rings (SSSR count). The van der Waals surface area contributed by atoms with Crippen LogP contribution in [-0.2, 0) is 9.59 Å². The molecule has 0 aromatic heterocycles. The second-order valence-corrected chi connectivity index (χ2v) is 7.57. The first-order valence-corrected chi connectivity index (χ1v) is 10.5. The normalized spacial score (nSPS) is 12.2. The summed E-state index contributed by atoms with van der Waals surface area (Å²) in [7, 11) is 0. The predicted octanol–water partition coefficient (Wildman–Crippen LogP) is 6.42. The average Bonchev–Trinajstić information content (AvgIpc) is 2.55. The van der Waals surface area contributed by atoms with Crippen molar-refractivity contribution in [1.29, 1.82) is 0 Å². The van der Waals surface area contributed by atoms with E-state index in [1.807, 2.05) is 0 Å². The topological polar surface area (TPSA) is 74.6 Å². The second-order valence-electron chi connectivity index (χ2n) is 7.57. The Kier molecular flexibility index (Phi) is 17.0. The van der Waals surface area contributed by atoms with Crippen LogP contribution in [0.1, 0.15) is 116 Å². The molecule has 25 heavy (non-hydrogen) atoms. The molecule has 0 aliphatic heterocycles. The van der Waals surface area contributed by atoms with Gasteiger partial charge in [-0.15, -0.1) is 0 Å². The lowest BCUT2D eigenvalue weighted by Crippen LogP contribution is -1.96. The van der Waals surface area contributed by atoms with E-state index in [1.165, 1.54) is 70.6 Å². The van der Waals surface area contributed by atoms with E-state index in [9.17, 15) is 9.59 Å². The van der Waals surface area contributed by atoms with E-state index in [4.69, 9.17) is 10.2 Å². The minimum atomic E-state index is -0.674. The third-order valence-corrected chi connectivity index (χ3v) is 4.93. The zero-order valence-corrected chi connectivity index (χ0v) is 16.3. The fraction of sp³-hybridized carbons (Fsp3) is 0.905. The smallest absolute Gasteiger partial charge is 0.303 e. The first-order chi connectivity index (χ1) is 12.0. The Bertz CT molecular complexity index is 328. The maximum Gasteiger partial charge on any atom is 0.303 e. The highest BCUT2D eigenvalue weighted by Gasteiger charge is 2.03. The van der Waals surface area contributed by atoms with Crippen LogP contribution in [0.2, 0.25) is 0 Å². The van der Waals surface area contributed by atoms with Crippen LogP contribution in [0.15, 0.2) is 0 Å². The molecule has 0 saturated carbocycles. The predicted molar refractivity (Wildman–Crippen MR) is 103 cm³/mol. The van der Waals surface area contributed by atoms with E-state index in [1.54, 1.807) is 0 Å². The molecule has 0 aromatic carbocycles. The van der Waals surface area contributed by atoms with Gasteiger partial charge in [-0.1, -0.05) is 90.4 Å². The third kappa shape index (κ3) is 20.9. The van der Waals surface area contributed by atoms with E-state index >= 15 is 0 Å². The first kappa shape index (κ1) is 23.9. The van der Waals surface area contributed by atoms with Gasteiger partial charge in [-0.25, -0.2) is 0 Å². The van der Waals surface area contributed by atoms with Gasteiger partial charge in [0.05, 0.1) is 0 Å². The molecule has 4 nitrogen and oxygen atoms in total. The number of carbonyl (C=O) groups is 2. The fourth-order valence-corrected chi connectivity index (χ4v) is 3.27. The largest absolute Gasteiger partial charge is 0.481 e. The Hall–Kier alpha value is -1.06. The zero-order chi connectivity index (χ0) is 18.8. The van der Waals surface area contributed by atoms with Crippen molar-refractivity contribution >= 4 is 11.9 Å². The van der Waals surface area contributed by atoms with Crippen LogP contribution in [0.4, 0.5) is 0 Å². The van der Waals surface area contributed by atoms with Crippen molar-refractivity contribution in [2.75, 3.05) is 0 Å². The molecular formula is C21H40O4. The number of aliphatic carboxylic acids is 2. The monoisotopic (exact) mass is 356 g/mol. The van der Waals surface area contributed by atoms with Crippen molar-refractivity contribution in [2.45, 2.75) is 116 Å². The lowest BCUT2D eigenvalue weighted by molar-refractivity contribution is -0.138. The molecule has 4 heteroatoms. The number of carboxylic acid groups (broad SMARTS) is 2. The van der Waals surface area contributed by atoms with Crippen LogP contribution in [0.25, 0.3) is 0 Å². The molecule has 1 atom stereocenters. The molecule has 0 aliphatic rings. The number of unbranched alkanes of at least 4 members (excludes halogenated alkanes) is 11. The van der Waals surface area contributed by atoms with Gasteiger partial charge < -0.3 is 10.2 Å². The van der Waals surface area contributed by atoms with Crippen molar-refractivity contribution < 1.29 is 19.8 Å². The molecule has 2 N–H and O–H groups in total. The minimum absolute atomic E-state index is 0.319. The van der Waals surface area contributed by atoms with Crippen molar-refractivity contribution in [1.82, 2.24) is 0 Å². The summed E-state index contributed by atoms with van der Waals surface area (Å²) in [5.41, 5.74) is 0. The number of carboxylic acids is 2. The molecule has 0 fully saturated rings. The molecule has 0 amide bonds. The minimum Gasteiger partial charge on any atom is -0.481 e. The Balaban J connectivity index is 3.19. The molecule has 148 valence electrons. The van der Waals surface area contributed by atoms with Gasteiger partial charge in [-0.3, -0.25) is 9.59 Å². The Morgan fingerprint density at radius 2 is 0.840 bits per heavy atom. The van der Waals surface area contributed by atoms with Crippen LogP contribution >= 0.6 is 0 Å². The second kappa shape index (κ2) is 17.8. The van der Waals surface area contributed by atoms with Crippen LogP contribution in [-0.4, -0.2) is 22.2 Å². The summed E-state index contributed by atoms with van der Waals surface area (Å²) in [6, 6.07) is 0. The van der Waals surface area contributed by atoms with Gasteiger partial charge in [0, 0.05) is 12.8 Å².